The average molecular weight is 208 g/mol. The van der Waals surface area contributed by atoms with Gasteiger partial charge in [0, 0.05) is 14.9 Å². The summed E-state index contributed by atoms with van der Waals surface area (Å²) in [5, 5.41) is 18.9. The van der Waals surface area contributed by atoms with Crippen LogP contribution in [0.4, 0.5) is 0 Å². The Morgan fingerprint density at radius 2 is 2.14 bits per heavy atom. The van der Waals surface area contributed by atoms with Gasteiger partial charge in [-0.2, -0.15) is 0 Å². The zero-order valence-corrected chi connectivity index (χ0v) is 8.41. The minimum Gasteiger partial charge on any atom is -0.496 e. The lowest BCUT2D eigenvalue weighted by atomic mass is 9.89. The molecule has 14 heavy (non-hydrogen) atoms. The van der Waals surface area contributed by atoms with Crippen molar-refractivity contribution in [2.24, 2.45) is 0 Å². The number of hydrogen-bond acceptors (Lipinski definition) is 4. The van der Waals surface area contributed by atoms with Gasteiger partial charge < -0.3 is 14.8 Å². The van der Waals surface area contributed by atoms with Gasteiger partial charge in [-0.15, -0.1) is 11.3 Å². The quantitative estimate of drug-likeness (QED) is 0.710. The molecule has 0 spiro atoms. The van der Waals surface area contributed by atoms with Gasteiger partial charge in [0.2, 0.25) is 0 Å². The van der Waals surface area contributed by atoms with Crippen LogP contribution in [-0.2, 0) is 0 Å². The predicted molar refractivity (Wildman–Crippen MR) is 58.2 cm³/mol. The predicted octanol–water partition coefficient (Wildman–Crippen LogP) is 0.590. The Hall–Kier alpha value is -1.04. The fraction of sp³-hybridized carbons (Fsp3) is 0.111. The summed E-state index contributed by atoms with van der Waals surface area (Å²) in [6.45, 7) is 0. The molecule has 5 heteroatoms. The third kappa shape index (κ3) is 1.50. The molecule has 0 aliphatic rings. The highest BCUT2D eigenvalue weighted by molar-refractivity contribution is 7.27. The lowest BCUT2D eigenvalue weighted by molar-refractivity contribution is 0.420. The third-order valence-corrected chi connectivity index (χ3v) is 3.16. The summed E-state index contributed by atoms with van der Waals surface area (Å²) >= 11 is 1.35. The van der Waals surface area contributed by atoms with Crippen molar-refractivity contribution >= 4 is 33.3 Å². The van der Waals surface area contributed by atoms with E-state index in [-0.39, 0.29) is 0 Å². The van der Waals surface area contributed by atoms with Crippen LogP contribution in [0.5, 0.6) is 5.75 Å². The highest BCUT2D eigenvalue weighted by atomic mass is 32.1. The monoisotopic (exact) mass is 208 g/mol. The van der Waals surface area contributed by atoms with E-state index in [0.717, 1.165) is 15.8 Å². The van der Waals surface area contributed by atoms with Gasteiger partial charge in [-0.05, 0) is 18.2 Å². The summed E-state index contributed by atoms with van der Waals surface area (Å²) in [6.07, 6.45) is 0. The molecule has 0 aliphatic heterocycles. The van der Waals surface area contributed by atoms with Crippen molar-refractivity contribution in [2.75, 3.05) is 7.11 Å². The number of hydrogen-bond donors (Lipinski definition) is 2. The van der Waals surface area contributed by atoms with Crippen LogP contribution in [0.1, 0.15) is 0 Å². The zero-order chi connectivity index (χ0) is 10.1. The average Bonchev–Trinajstić information content (AvgIpc) is 2.60. The van der Waals surface area contributed by atoms with Gasteiger partial charge in [0.1, 0.15) is 5.75 Å². The number of fused-ring (bicyclic) bond motifs is 1. The molecule has 0 bridgehead atoms. The maximum Gasteiger partial charge on any atom is 0.499 e. The summed E-state index contributed by atoms with van der Waals surface area (Å²) in [4.78, 5) is 0. The molecule has 0 saturated carbocycles. The number of rotatable bonds is 2. The van der Waals surface area contributed by atoms with Crippen molar-refractivity contribution in [3.63, 3.8) is 0 Å². The van der Waals surface area contributed by atoms with Gasteiger partial charge in [-0.3, -0.25) is 0 Å². The maximum atomic E-state index is 9.01. The van der Waals surface area contributed by atoms with Crippen LogP contribution in [0.2, 0.25) is 0 Å². The van der Waals surface area contributed by atoms with Crippen LogP contribution in [0, 0.1) is 0 Å². The van der Waals surface area contributed by atoms with Gasteiger partial charge in [0.15, 0.2) is 0 Å². The highest BCUT2D eigenvalue weighted by Crippen LogP contribution is 2.28. The second-order valence-electron chi connectivity index (χ2n) is 2.89. The number of benzene rings is 1. The van der Waals surface area contributed by atoms with E-state index in [1.54, 1.807) is 13.2 Å². The van der Waals surface area contributed by atoms with Gasteiger partial charge in [-0.1, -0.05) is 6.07 Å². The lowest BCUT2D eigenvalue weighted by Gasteiger charge is -1.99. The van der Waals surface area contributed by atoms with E-state index in [4.69, 9.17) is 14.8 Å². The van der Waals surface area contributed by atoms with Crippen LogP contribution >= 0.6 is 11.3 Å². The van der Waals surface area contributed by atoms with E-state index >= 15 is 0 Å². The number of thiophene rings is 1. The Kier molecular flexibility index (Phi) is 2.45. The Balaban J connectivity index is 2.64. The Labute approximate surface area is 85.7 Å². The molecule has 1 aromatic heterocycles. The maximum absolute atomic E-state index is 9.01. The molecule has 0 aliphatic carbocycles. The molecule has 72 valence electrons. The van der Waals surface area contributed by atoms with Crippen LogP contribution in [0.3, 0.4) is 0 Å². The Morgan fingerprint density at radius 1 is 1.36 bits per heavy atom. The summed E-state index contributed by atoms with van der Waals surface area (Å²) in [6, 6.07) is 7.39. The Bertz CT molecular complexity index is 452. The van der Waals surface area contributed by atoms with Gasteiger partial charge in [0.05, 0.1) is 7.11 Å². The normalized spacial score (nSPS) is 10.5. The van der Waals surface area contributed by atoms with E-state index in [2.05, 4.69) is 0 Å². The molecule has 0 amide bonds. The van der Waals surface area contributed by atoms with Crippen molar-refractivity contribution in [1.29, 1.82) is 0 Å². The molecule has 1 heterocycles. The van der Waals surface area contributed by atoms with E-state index in [9.17, 15) is 0 Å². The largest absolute Gasteiger partial charge is 0.499 e. The molecule has 0 atom stereocenters. The summed E-state index contributed by atoms with van der Waals surface area (Å²) in [5.41, 5.74) is 0. The van der Waals surface area contributed by atoms with Crippen LogP contribution in [-0.4, -0.2) is 24.3 Å². The summed E-state index contributed by atoms with van der Waals surface area (Å²) < 4.78 is 6.69. The summed E-state index contributed by atoms with van der Waals surface area (Å²) in [7, 11) is 0.193. The second-order valence-corrected chi connectivity index (χ2v) is 4.01. The van der Waals surface area contributed by atoms with Crippen molar-refractivity contribution in [1.82, 2.24) is 0 Å². The van der Waals surface area contributed by atoms with Crippen LogP contribution in [0.25, 0.3) is 10.1 Å². The first-order chi connectivity index (χ1) is 6.72. The highest BCUT2D eigenvalue weighted by Gasteiger charge is 2.15. The van der Waals surface area contributed by atoms with Gasteiger partial charge in [-0.25, -0.2) is 0 Å². The first-order valence-corrected chi connectivity index (χ1v) is 4.96. The number of ether oxygens (including phenoxy) is 1. The first kappa shape index (κ1) is 9.52. The fourth-order valence-corrected chi connectivity index (χ4v) is 2.31. The second kappa shape index (κ2) is 3.61. The molecule has 0 fully saturated rings. The molecule has 0 radical (unpaired) electrons. The molecule has 0 saturated heterocycles. The van der Waals surface area contributed by atoms with Crippen molar-refractivity contribution < 1.29 is 14.8 Å². The van der Waals surface area contributed by atoms with Crippen LogP contribution < -0.4 is 9.51 Å². The first-order valence-electron chi connectivity index (χ1n) is 4.15. The molecule has 2 N–H and O–H groups in total. The third-order valence-electron chi connectivity index (χ3n) is 2.01. The minimum atomic E-state index is -1.41. The Morgan fingerprint density at radius 3 is 2.79 bits per heavy atom. The molecule has 1 aromatic carbocycles. The standard InChI is InChI=1S/C9H9BO3S/c1-13-7-3-2-4-8-6(7)5-9(14-8)10(11)12/h2-5,11-12H,1H3. The van der Waals surface area contributed by atoms with E-state index in [1.807, 2.05) is 18.2 Å². The van der Waals surface area contributed by atoms with Crippen molar-refractivity contribution in [3.8, 4) is 5.75 Å². The van der Waals surface area contributed by atoms with Crippen LogP contribution in [0.15, 0.2) is 24.3 Å². The number of methoxy groups -OCH3 is 1. The van der Waals surface area contributed by atoms with Crippen molar-refractivity contribution in [2.45, 2.75) is 0 Å². The van der Waals surface area contributed by atoms with E-state index in [1.165, 1.54) is 11.3 Å². The molecule has 3 nitrogen and oxygen atoms in total. The SMILES string of the molecule is COc1cccc2sc(B(O)O)cc12. The molecular formula is C9H9BO3S. The van der Waals surface area contributed by atoms with E-state index < -0.39 is 7.12 Å². The fourth-order valence-electron chi connectivity index (χ4n) is 1.36. The van der Waals surface area contributed by atoms with Gasteiger partial charge >= 0.3 is 7.12 Å². The minimum absolute atomic E-state index is 0.532. The molecule has 2 aromatic rings. The lowest BCUT2D eigenvalue weighted by Crippen LogP contribution is -2.26. The van der Waals surface area contributed by atoms with E-state index in [0.29, 0.717) is 4.78 Å². The van der Waals surface area contributed by atoms with Crippen molar-refractivity contribution in [3.05, 3.63) is 24.3 Å². The smallest absolute Gasteiger partial charge is 0.496 e. The molecule has 2 rings (SSSR count). The summed E-state index contributed by atoms with van der Waals surface area (Å²) in [5.74, 6) is 0.755. The topological polar surface area (TPSA) is 49.7 Å². The van der Waals surface area contributed by atoms with Gasteiger partial charge in [0.25, 0.3) is 0 Å². The zero-order valence-electron chi connectivity index (χ0n) is 7.60. The molecule has 0 unspecified atom stereocenters. The molecular weight excluding hydrogens is 199 g/mol.